The lowest BCUT2D eigenvalue weighted by atomic mass is 9.75. The number of anilines is 1. The van der Waals surface area contributed by atoms with Crippen molar-refractivity contribution in [3.63, 3.8) is 0 Å². The fourth-order valence-corrected chi connectivity index (χ4v) is 5.52. The van der Waals surface area contributed by atoms with Crippen LogP contribution in [0.15, 0.2) is 24.3 Å². The van der Waals surface area contributed by atoms with Crippen molar-refractivity contribution in [1.29, 1.82) is 0 Å². The van der Waals surface area contributed by atoms with E-state index in [2.05, 4.69) is 30.5 Å². The van der Waals surface area contributed by atoms with Gasteiger partial charge in [0.15, 0.2) is 5.79 Å². The Labute approximate surface area is 190 Å². The zero-order valence-electron chi connectivity index (χ0n) is 19.8. The van der Waals surface area contributed by atoms with Gasteiger partial charge in [-0.15, -0.1) is 0 Å². The van der Waals surface area contributed by atoms with E-state index < -0.39 is 11.8 Å². The van der Waals surface area contributed by atoms with Crippen LogP contribution in [0.2, 0.25) is 0 Å². The van der Waals surface area contributed by atoms with Gasteiger partial charge in [-0.3, -0.25) is 0 Å². The third kappa shape index (κ3) is 4.61. The van der Waals surface area contributed by atoms with Gasteiger partial charge in [-0.1, -0.05) is 39.3 Å². The van der Waals surface area contributed by atoms with E-state index in [0.29, 0.717) is 36.4 Å². The molecule has 2 saturated heterocycles. The molecule has 0 unspecified atom stereocenters. The summed E-state index contributed by atoms with van der Waals surface area (Å²) in [6.07, 6.45) is 2.81. The molecule has 3 fully saturated rings. The molecule has 0 spiro atoms. The summed E-state index contributed by atoms with van der Waals surface area (Å²) in [4.78, 5) is 18.7. The minimum atomic E-state index is -0.577. The molecule has 32 heavy (non-hydrogen) atoms. The highest BCUT2D eigenvalue weighted by molar-refractivity contribution is 6.42. The average molecular weight is 442 g/mol. The number of rotatable bonds is 5. The van der Waals surface area contributed by atoms with Crippen LogP contribution < -0.4 is 4.90 Å². The van der Waals surface area contributed by atoms with E-state index in [1.165, 1.54) is 0 Å². The molecule has 7 heteroatoms. The molecule has 0 bridgehead atoms. The van der Waals surface area contributed by atoms with E-state index in [1.54, 1.807) is 6.07 Å². The van der Waals surface area contributed by atoms with Crippen LogP contribution in [-0.4, -0.2) is 53.7 Å². The second-order valence-corrected chi connectivity index (χ2v) is 10.4. The van der Waals surface area contributed by atoms with Crippen molar-refractivity contribution in [2.45, 2.75) is 78.0 Å². The summed E-state index contributed by atoms with van der Waals surface area (Å²) in [5.74, 6) is 0.110. The molecule has 0 radical (unpaired) electrons. The molecule has 1 aromatic rings. The van der Waals surface area contributed by atoms with Crippen molar-refractivity contribution in [1.82, 2.24) is 0 Å². The van der Waals surface area contributed by atoms with Gasteiger partial charge in [-0.25, -0.2) is 4.79 Å². The van der Waals surface area contributed by atoms with Gasteiger partial charge in [0.05, 0.1) is 11.3 Å². The molecule has 0 N–H and O–H groups in total. The molecule has 1 saturated carbocycles. The quantitative estimate of drug-likeness (QED) is 0.298. The number of ether oxygens (including phenoxy) is 3. The molecule has 174 valence electrons. The van der Waals surface area contributed by atoms with Crippen LogP contribution in [0.1, 0.15) is 59.4 Å². The minimum absolute atomic E-state index is 0.0324. The van der Waals surface area contributed by atoms with Crippen molar-refractivity contribution in [2.24, 2.45) is 17.8 Å². The Morgan fingerprint density at radius 3 is 2.47 bits per heavy atom. The van der Waals surface area contributed by atoms with Crippen LogP contribution in [-0.2, 0) is 19.0 Å². The first-order valence-electron chi connectivity index (χ1n) is 11.8. The summed E-state index contributed by atoms with van der Waals surface area (Å²) in [5.41, 5.74) is 11.1. The Morgan fingerprint density at radius 2 is 1.84 bits per heavy atom. The Morgan fingerprint density at radius 1 is 1.19 bits per heavy atom. The summed E-state index contributed by atoms with van der Waals surface area (Å²) in [6.45, 7) is 11.7. The maximum Gasteiger partial charge on any atom is 0.422 e. The number of carbonyl (C=O) groups excluding carboxylic acids is 1. The van der Waals surface area contributed by atoms with Gasteiger partial charge in [-0.2, -0.15) is 4.79 Å². The molecule has 1 aromatic carbocycles. The fraction of sp³-hybridized carbons (Fsp3) is 0.680. The normalized spacial score (nSPS) is 31.3. The molecule has 2 heterocycles. The molecule has 3 aliphatic rings. The molecule has 4 rings (SSSR count). The molecular formula is C25H35N3O4. The first-order valence-corrected chi connectivity index (χ1v) is 11.8. The predicted molar refractivity (Wildman–Crippen MR) is 121 cm³/mol. The first kappa shape index (κ1) is 23.0. The van der Waals surface area contributed by atoms with E-state index in [-0.39, 0.29) is 24.0 Å². The van der Waals surface area contributed by atoms with Gasteiger partial charge in [0.25, 0.3) is 0 Å². The van der Waals surface area contributed by atoms with Crippen molar-refractivity contribution >= 4 is 17.4 Å². The minimum Gasteiger partial charge on any atom is -0.453 e. The monoisotopic (exact) mass is 441 g/mol. The van der Waals surface area contributed by atoms with Crippen molar-refractivity contribution in [2.75, 3.05) is 18.0 Å². The van der Waals surface area contributed by atoms with Crippen LogP contribution >= 0.6 is 0 Å². The van der Waals surface area contributed by atoms with E-state index in [9.17, 15) is 10.3 Å². The maximum absolute atomic E-state index is 13.2. The largest absolute Gasteiger partial charge is 0.453 e. The summed E-state index contributed by atoms with van der Waals surface area (Å²) < 4.78 is 18.0. The molecule has 7 nitrogen and oxygen atoms in total. The maximum atomic E-state index is 13.2. The van der Waals surface area contributed by atoms with E-state index >= 15 is 0 Å². The molecule has 2 aliphatic heterocycles. The third-order valence-corrected chi connectivity index (χ3v) is 7.10. The Bertz CT molecular complexity index is 892. The van der Waals surface area contributed by atoms with Crippen molar-refractivity contribution < 1.29 is 23.8 Å². The second-order valence-electron chi connectivity index (χ2n) is 10.4. The topological polar surface area (TPSA) is 84.4 Å². The summed E-state index contributed by atoms with van der Waals surface area (Å²) in [7, 11) is 0. The Kier molecular flexibility index (Phi) is 6.44. The van der Waals surface area contributed by atoms with Crippen molar-refractivity contribution in [3.05, 3.63) is 35.4 Å². The van der Waals surface area contributed by atoms with Crippen LogP contribution in [0.3, 0.4) is 0 Å². The average Bonchev–Trinajstić information content (AvgIpc) is 3.22. The third-order valence-electron chi connectivity index (χ3n) is 7.10. The van der Waals surface area contributed by atoms with Gasteiger partial charge in [0.1, 0.15) is 18.3 Å². The molecular weight excluding hydrogens is 406 g/mol. The lowest BCUT2D eigenvalue weighted by Crippen LogP contribution is -2.38. The predicted octanol–water partition coefficient (Wildman–Crippen LogP) is 4.05. The number of hydrogen-bond donors (Lipinski definition) is 0. The summed E-state index contributed by atoms with van der Waals surface area (Å²) >= 11 is 0. The number of esters is 1. The van der Waals surface area contributed by atoms with Crippen LogP contribution in [0, 0.1) is 17.8 Å². The molecule has 0 aromatic heterocycles. The zero-order chi connectivity index (χ0) is 23.0. The lowest BCUT2D eigenvalue weighted by molar-refractivity contribution is -0.151. The van der Waals surface area contributed by atoms with E-state index in [4.69, 9.17) is 14.2 Å². The van der Waals surface area contributed by atoms with E-state index in [0.717, 1.165) is 24.9 Å². The number of benzene rings is 1. The SMILES string of the molecule is CC(C)[C@@H]1CC[C@@H](C)C[C@H]1OC(=O)C(=[N+]=[N-])c1ccccc1N1C[C@@H]2OC(C)(C)O[C@@H]2C1. The molecule has 5 atom stereocenters. The number of para-hydroxylation sites is 1. The summed E-state index contributed by atoms with van der Waals surface area (Å²) in [6, 6.07) is 7.48. The zero-order valence-corrected chi connectivity index (χ0v) is 19.8. The first-order chi connectivity index (χ1) is 15.2. The molecule has 0 amide bonds. The van der Waals surface area contributed by atoms with Crippen LogP contribution in [0.4, 0.5) is 5.69 Å². The van der Waals surface area contributed by atoms with Gasteiger partial charge in [-0.05, 0) is 56.6 Å². The Balaban J connectivity index is 1.53. The smallest absolute Gasteiger partial charge is 0.422 e. The Hall–Kier alpha value is -2.21. The number of hydrogen-bond acceptors (Lipinski definition) is 5. The highest BCUT2D eigenvalue weighted by Gasteiger charge is 2.47. The lowest BCUT2D eigenvalue weighted by Gasteiger charge is -2.36. The van der Waals surface area contributed by atoms with Gasteiger partial charge in [0, 0.05) is 13.1 Å². The number of carbonyl (C=O) groups is 1. The van der Waals surface area contributed by atoms with Gasteiger partial charge < -0.3 is 24.6 Å². The van der Waals surface area contributed by atoms with Gasteiger partial charge in [0.2, 0.25) is 0 Å². The fourth-order valence-electron chi connectivity index (χ4n) is 5.52. The highest BCUT2D eigenvalue weighted by atomic mass is 16.8. The van der Waals surface area contributed by atoms with E-state index in [1.807, 2.05) is 32.0 Å². The van der Waals surface area contributed by atoms with Crippen LogP contribution in [0.25, 0.3) is 5.53 Å². The van der Waals surface area contributed by atoms with Crippen LogP contribution in [0.5, 0.6) is 0 Å². The second kappa shape index (κ2) is 8.97. The summed E-state index contributed by atoms with van der Waals surface area (Å²) in [5, 5.41) is 0. The highest BCUT2D eigenvalue weighted by Crippen LogP contribution is 2.37. The number of fused-ring (bicyclic) bond motifs is 1. The van der Waals surface area contributed by atoms with Crippen molar-refractivity contribution in [3.8, 4) is 0 Å². The molecule has 1 aliphatic carbocycles. The number of nitrogens with zero attached hydrogens (tertiary/aromatic N) is 3. The standard InChI is InChI=1S/C25H35N3O4/c1-15(2)17-11-10-16(3)12-20(17)30-24(29)23(27-26)18-8-6-7-9-19(18)28-13-21-22(14-28)32-25(4,5)31-21/h6-9,15-17,20-22H,10-14H2,1-5H3/t16-,17+,20-,21-,22+/m1/s1. The van der Waals surface area contributed by atoms with Gasteiger partial charge >= 0.3 is 11.7 Å².